The number of benzene rings is 1. The molecule has 0 amide bonds. The van der Waals surface area contributed by atoms with Crippen LogP contribution in [0, 0.1) is 16.0 Å². The lowest BCUT2D eigenvalue weighted by Gasteiger charge is -2.22. The molecule has 112 valence electrons. The van der Waals surface area contributed by atoms with Crippen LogP contribution in [-0.4, -0.2) is 18.1 Å². The molecular formula is C15H24N2O3. The van der Waals surface area contributed by atoms with Gasteiger partial charge in [0.15, 0.2) is 0 Å². The Kier molecular flexibility index (Phi) is 6.28. The molecule has 5 nitrogen and oxygen atoms in total. The van der Waals surface area contributed by atoms with Gasteiger partial charge in [0.25, 0.3) is 5.69 Å². The van der Waals surface area contributed by atoms with Gasteiger partial charge in [-0.3, -0.25) is 10.1 Å². The van der Waals surface area contributed by atoms with Crippen molar-refractivity contribution in [2.75, 3.05) is 12.4 Å². The Bertz CT molecular complexity index is 449. The van der Waals surface area contributed by atoms with Crippen LogP contribution in [-0.2, 0) is 0 Å². The van der Waals surface area contributed by atoms with Crippen molar-refractivity contribution in [3.63, 3.8) is 0 Å². The minimum Gasteiger partial charge on any atom is -0.495 e. The molecule has 1 aromatic carbocycles. The van der Waals surface area contributed by atoms with Crippen molar-refractivity contribution in [2.24, 2.45) is 5.92 Å². The van der Waals surface area contributed by atoms with Gasteiger partial charge in [-0.25, -0.2) is 0 Å². The molecule has 0 fully saturated rings. The largest absolute Gasteiger partial charge is 0.495 e. The molecule has 1 rings (SSSR count). The van der Waals surface area contributed by atoms with Crippen LogP contribution in [0.4, 0.5) is 11.4 Å². The van der Waals surface area contributed by atoms with Crippen molar-refractivity contribution in [2.45, 2.75) is 46.1 Å². The molecule has 2 unspecified atom stereocenters. The van der Waals surface area contributed by atoms with Gasteiger partial charge in [0.05, 0.1) is 17.7 Å². The zero-order valence-electron chi connectivity index (χ0n) is 12.7. The maximum atomic E-state index is 10.9. The standard InChI is InChI=1S/C15H24N2O3/c1-5-11(3)9-12(6-2)16-14-10-13(17(18)19)7-8-15(14)20-4/h7-8,10-12,16H,5-6,9H2,1-4H3. The normalized spacial score (nSPS) is 13.6. The van der Waals surface area contributed by atoms with E-state index in [1.807, 2.05) is 0 Å². The highest BCUT2D eigenvalue weighted by Gasteiger charge is 2.16. The van der Waals surface area contributed by atoms with Gasteiger partial charge in [0.1, 0.15) is 5.75 Å². The highest BCUT2D eigenvalue weighted by molar-refractivity contribution is 5.62. The Morgan fingerprint density at radius 1 is 1.35 bits per heavy atom. The first kappa shape index (κ1) is 16.3. The second-order valence-electron chi connectivity index (χ2n) is 5.14. The molecule has 0 spiro atoms. The number of hydrogen-bond acceptors (Lipinski definition) is 4. The topological polar surface area (TPSA) is 64.4 Å². The lowest BCUT2D eigenvalue weighted by Crippen LogP contribution is -2.21. The van der Waals surface area contributed by atoms with E-state index >= 15 is 0 Å². The van der Waals surface area contributed by atoms with Gasteiger partial charge in [-0.15, -0.1) is 0 Å². The van der Waals surface area contributed by atoms with E-state index < -0.39 is 0 Å². The SMILES string of the molecule is CCC(C)CC(CC)Nc1cc([N+](=O)[O-])ccc1OC. The lowest BCUT2D eigenvalue weighted by atomic mass is 9.97. The van der Waals surface area contributed by atoms with E-state index in [9.17, 15) is 10.1 Å². The van der Waals surface area contributed by atoms with Gasteiger partial charge in [-0.05, 0) is 24.8 Å². The fraction of sp³-hybridized carbons (Fsp3) is 0.600. The van der Waals surface area contributed by atoms with E-state index in [2.05, 4.69) is 26.1 Å². The minimum absolute atomic E-state index is 0.0756. The molecule has 0 saturated heterocycles. The predicted molar refractivity (Wildman–Crippen MR) is 81.4 cm³/mol. The highest BCUT2D eigenvalue weighted by Crippen LogP contribution is 2.30. The second-order valence-corrected chi connectivity index (χ2v) is 5.14. The van der Waals surface area contributed by atoms with E-state index in [0.717, 1.165) is 19.3 Å². The Hall–Kier alpha value is -1.78. The molecule has 2 atom stereocenters. The third-order valence-electron chi connectivity index (χ3n) is 3.63. The number of nitrogens with one attached hydrogen (secondary N) is 1. The molecule has 0 saturated carbocycles. The van der Waals surface area contributed by atoms with Crippen LogP contribution in [0.2, 0.25) is 0 Å². The monoisotopic (exact) mass is 280 g/mol. The first-order chi connectivity index (χ1) is 9.51. The van der Waals surface area contributed by atoms with Gasteiger partial charge in [-0.2, -0.15) is 0 Å². The van der Waals surface area contributed by atoms with Crippen LogP contribution in [0.1, 0.15) is 40.0 Å². The van der Waals surface area contributed by atoms with Crippen LogP contribution in [0.5, 0.6) is 5.75 Å². The number of hydrogen-bond donors (Lipinski definition) is 1. The van der Waals surface area contributed by atoms with Gasteiger partial charge < -0.3 is 10.1 Å². The number of nitro groups is 1. The number of ether oxygens (including phenoxy) is 1. The first-order valence-corrected chi connectivity index (χ1v) is 7.10. The molecule has 0 aromatic heterocycles. The summed E-state index contributed by atoms with van der Waals surface area (Å²) in [7, 11) is 1.57. The molecule has 0 aliphatic heterocycles. The quantitative estimate of drug-likeness (QED) is 0.571. The van der Waals surface area contributed by atoms with Crippen molar-refractivity contribution >= 4 is 11.4 Å². The van der Waals surface area contributed by atoms with Crippen molar-refractivity contribution in [1.29, 1.82) is 0 Å². The molecule has 0 radical (unpaired) electrons. The Labute approximate surface area is 120 Å². The number of nitrogens with zero attached hydrogens (tertiary/aromatic N) is 1. The lowest BCUT2D eigenvalue weighted by molar-refractivity contribution is -0.384. The van der Waals surface area contributed by atoms with E-state index in [0.29, 0.717) is 23.4 Å². The van der Waals surface area contributed by atoms with Crippen LogP contribution in [0.3, 0.4) is 0 Å². The summed E-state index contributed by atoms with van der Waals surface area (Å²) < 4.78 is 5.27. The van der Waals surface area contributed by atoms with Crippen LogP contribution in [0.15, 0.2) is 18.2 Å². The van der Waals surface area contributed by atoms with Crippen LogP contribution < -0.4 is 10.1 Å². The number of methoxy groups -OCH3 is 1. The average molecular weight is 280 g/mol. The second kappa shape index (κ2) is 7.72. The number of non-ortho nitro benzene ring substituents is 1. The van der Waals surface area contributed by atoms with Crippen molar-refractivity contribution in [3.05, 3.63) is 28.3 Å². The summed E-state index contributed by atoms with van der Waals surface area (Å²) in [5.41, 5.74) is 0.767. The van der Waals surface area contributed by atoms with Crippen molar-refractivity contribution < 1.29 is 9.66 Å². The van der Waals surface area contributed by atoms with Crippen molar-refractivity contribution in [1.82, 2.24) is 0 Å². The summed E-state index contributed by atoms with van der Waals surface area (Å²) in [6.07, 6.45) is 3.14. The molecule has 1 aromatic rings. The van der Waals surface area contributed by atoms with Crippen LogP contribution >= 0.6 is 0 Å². The Balaban J connectivity index is 2.92. The molecule has 0 bridgehead atoms. The molecule has 20 heavy (non-hydrogen) atoms. The van der Waals surface area contributed by atoms with Gasteiger partial charge in [0, 0.05) is 18.2 Å². The third kappa shape index (κ3) is 4.40. The van der Waals surface area contributed by atoms with Gasteiger partial charge in [-0.1, -0.05) is 27.2 Å². The number of anilines is 1. The maximum absolute atomic E-state index is 10.9. The highest BCUT2D eigenvalue weighted by atomic mass is 16.6. The van der Waals surface area contributed by atoms with Crippen LogP contribution in [0.25, 0.3) is 0 Å². The molecule has 5 heteroatoms. The minimum atomic E-state index is -0.389. The summed E-state index contributed by atoms with van der Waals surface area (Å²) in [6, 6.07) is 4.93. The van der Waals surface area contributed by atoms with Gasteiger partial charge in [0.2, 0.25) is 0 Å². The molecule has 0 aliphatic carbocycles. The smallest absolute Gasteiger partial charge is 0.271 e. The molecular weight excluding hydrogens is 256 g/mol. The predicted octanol–water partition coefficient (Wildman–Crippen LogP) is 4.23. The van der Waals surface area contributed by atoms with Crippen molar-refractivity contribution in [3.8, 4) is 5.75 Å². The first-order valence-electron chi connectivity index (χ1n) is 7.10. The third-order valence-corrected chi connectivity index (χ3v) is 3.63. The molecule has 0 aliphatic rings. The summed E-state index contributed by atoms with van der Waals surface area (Å²) >= 11 is 0. The number of rotatable bonds is 8. The summed E-state index contributed by atoms with van der Waals surface area (Å²) in [5, 5.41) is 14.2. The fourth-order valence-electron chi connectivity index (χ4n) is 2.12. The summed E-state index contributed by atoms with van der Waals surface area (Å²) in [6.45, 7) is 6.50. The van der Waals surface area contributed by atoms with E-state index in [1.54, 1.807) is 13.2 Å². The summed E-state index contributed by atoms with van der Waals surface area (Å²) in [4.78, 5) is 10.5. The van der Waals surface area contributed by atoms with E-state index in [4.69, 9.17) is 4.74 Å². The van der Waals surface area contributed by atoms with Gasteiger partial charge >= 0.3 is 0 Å². The molecule has 1 N–H and O–H groups in total. The zero-order valence-corrected chi connectivity index (χ0v) is 12.7. The number of nitro benzene ring substituents is 1. The average Bonchev–Trinajstić information content (AvgIpc) is 2.45. The Morgan fingerprint density at radius 3 is 2.55 bits per heavy atom. The maximum Gasteiger partial charge on any atom is 0.271 e. The van der Waals surface area contributed by atoms with E-state index in [1.165, 1.54) is 12.1 Å². The Morgan fingerprint density at radius 2 is 2.05 bits per heavy atom. The molecule has 0 heterocycles. The van der Waals surface area contributed by atoms with E-state index in [-0.39, 0.29) is 10.6 Å². The zero-order chi connectivity index (χ0) is 15.1. The fourth-order valence-corrected chi connectivity index (χ4v) is 2.12. The summed E-state index contributed by atoms with van der Waals surface area (Å²) in [5.74, 6) is 1.26.